The van der Waals surface area contributed by atoms with Crippen molar-refractivity contribution >= 4 is 29.1 Å². The Morgan fingerprint density at radius 2 is 2.03 bits per heavy atom. The number of likely N-dealkylation sites (tertiary alicyclic amines) is 1. The Morgan fingerprint density at radius 1 is 1.33 bits per heavy atom. The van der Waals surface area contributed by atoms with E-state index in [-0.39, 0.29) is 18.1 Å². The van der Waals surface area contributed by atoms with Gasteiger partial charge < -0.3 is 20.7 Å². The number of carbonyl (C=O) groups excluding carboxylic acids is 2. The van der Waals surface area contributed by atoms with E-state index in [1.165, 1.54) is 0 Å². The summed E-state index contributed by atoms with van der Waals surface area (Å²) >= 11 is 0. The monoisotopic (exact) mass is 490 g/mol. The molecule has 0 unspecified atom stereocenters. The molecule has 36 heavy (non-hydrogen) atoms. The van der Waals surface area contributed by atoms with E-state index in [4.69, 9.17) is 10.5 Å². The number of amides is 2. The number of nitrogens with two attached hydrogens (primary N) is 1. The molecule has 1 fully saturated rings. The first-order valence-electron chi connectivity index (χ1n) is 11.9. The normalized spacial score (nSPS) is 15.4. The van der Waals surface area contributed by atoms with Crippen molar-refractivity contribution in [3.63, 3.8) is 0 Å². The Morgan fingerprint density at radius 3 is 2.61 bits per heavy atom. The van der Waals surface area contributed by atoms with E-state index in [0.717, 1.165) is 16.8 Å². The lowest BCUT2D eigenvalue weighted by atomic mass is 9.85. The third-order valence-corrected chi connectivity index (χ3v) is 6.08. The second-order valence-corrected chi connectivity index (χ2v) is 9.96. The lowest BCUT2D eigenvalue weighted by molar-refractivity contribution is 0.0105. The number of nitriles is 1. The summed E-state index contributed by atoms with van der Waals surface area (Å²) in [5, 5.41) is 17.5. The van der Waals surface area contributed by atoms with Gasteiger partial charge in [-0.3, -0.25) is 9.48 Å². The van der Waals surface area contributed by atoms with Crippen molar-refractivity contribution in [3.8, 4) is 6.07 Å². The molecule has 3 N–H and O–H groups in total. The van der Waals surface area contributed by atoms with Gasteiger partial charge in [0.25, 0.3) is 5.91 Å². The van der Waals surface area contributed by atoms with Crippen LogP contribution in [-0.4, -0.2) is 45.4 Å². The van der Waals surface area contributed by atoms with Gasteiger partial charge in [-0.05, 0) is 63.8 Å². The second kappa shape index (κ2) is 10.7. The standard InChI is InChI=1S/C27H34N6O3/c1-6-8-19(2)20-9-7-10-21(17-20)30-24-22(23(29)34)18-33(31-24)27(11-14-28)12-15-32(16-13-27)25(35)36-26(3,4)5/h6-10,17-18H,2,11-13,15-16H2,1,3-5H3,(H2,29,34)(H,30,31)/b8-6-. The van der Waals surface area contributed by atoms with E-state index in [1.807, 2.05) is 64.1 Å². The van der Waals surface area contributed by atoms with Gasteiger partial charge in [-0.1, -0.05) is 30.9 Å². The number of hydrogen-bond acceptors (Lipinski definition) is 6. The van der Waals surface area contributed by atoms with Crippen LogP contribution in [-0.2, 0) is 10.3 Å². The van der Waals surface area contributed by atoms with Crippen LogP contribution < -0.4 is 11.1 Å². The largest absolute Gasteiger partial charge is 0.444 e. The number of carbonyl (C=O) groups is 2. The maximum Gasteiger partial charge on any atom is 0.410 e. The number of anilines is 2. The van der Waals surface area contributed by atoms with Gasteiger partial charge in [-0.15, -0.1) is 0 Å². The van der Waals surface area contributed by atoms with Gasteiger partial charge >= 0.3 is 6.09 Å². The average Bonchev–Trinajstić information content (AvgIpc) is 3.24. The summed E-state index contributed by atoms with van der Waals surface area (Å²) in [6.45, 7) is 12.3. The Bertz CT molecular complexity index is 1210. The summed E-state index contributed by atoms with van der Waals surface area (Å²) in [6, 6.07) is 9.86. The van der Waals surface area contributed by atoms with Gasteiger partial charge in [-0.2, -0.15) is 10.4 Å². The molecule has 190 valence electrons. The predicted molar refractivity (Wildman–Crippen MR) is 140 cm³/mol. The van der Waals surface area contributed by atoms with Crippen LogP contribution in [0.1, 0.15) is 62.9 Å². The molecule has 0 atom stereocenters. The molecule has 0 saturated carbocycles. The van der Waals surface area contributed by atoms with E-state index in [0.29, 0.717) is 31.7 Å². The summed E-state index contributed by atoms with van der Waals surface area (Å²) in [4.78, 5) is 26.4. The first-order valence-corrected chi connectivity index (χ1v) is 11.9. The zero-order valence-electron chi connectivity index (χ0n) is 21.4. The van der Waals surface area contributed by atoms with Gasteiger partial charge in [0.05, 0.1) is 18.0 Å². The number of aromatic nitrogens is 2. The van der Waals surface area contributed by atoms with E-state index in [9.17, 15) is 14.9 Å². The van der Waals surface area contributed by atoms with Crippen molar-refractivity contribution in [2.75, 3.05) is 18.4 Å². The Balaban J connectivity index is 1.88. The quantitative estimate of drug-likeness (QED) is 0.529. The van der Waals surface area contributed by atoms with Crippen molar-refractivity contribution in [1.82, 2.24) is 14.7 Å². The molecule has 9 heteroatoms. The number of nitrogens with zero attached hydrogens (tertiary/aromatic N) is 4. The lowest BCUT2D eigenvalue weighted by Gasteiger charge is -2.40. The van der Waals surface area contributed by atoms with Gasteiger partial charge in [0, 0.05) is 25.0 Å². The van der Waals surface area contributed by atoms with Crippen LogP contribution in [0.2, 0.25) is 0 Å². The SMILES string of the molecule is C=C(/C=C\C)c1cccc(Nc2nn(C3(CC#N)CCN(C(=O)OC(C)(C)C)CC3)cc2C(N)=O)c1. The molecule has 1 saturated heterocycles. The Labute approximate surface area is 212 Å². The fourth-order valence-corrected chi connectivity index (χ4v) is 4.19. The van der Waals surface area contributed by atoms with Crippen molar-refractivity contribution in [2.45, 2.75) is 58.1 Å². The molecular weight excluding hydrogens is 456 g/mol. The molecular formula is C27H34N6O3. The molecule has 9 nitrogen and oxygen atoms in total. The lowest BCUT2D eigenvalue weighted by Crippen LogP contribution is -2.49. The maximum atomic E-state index is 12.5. The highest BCUT2D eigenvalue weighted by atomic mass is 16.6. The highest BCUT2D eigenvalue weighted by Crippen LogP contribution is 2.35. The topological polar surface area (TPSA) is 126 Å². The highest BCUT2D eigenvalue weighted by molar-refractivity contribution is 5.98. The summed E-state index contributed by atoms with van der Waals surface area (Å²) in [7, 11) is 0. The van der Waals surface area contributed by atoms with E-state index in [1.54, 1.807) is 15.8 Å². The number of benzene rings is 1. The molecule has 2 aromatic rings. The molecule has 0 spiro atoms. The molecule has 0 bridgehead atoms. The molecule has 1 aromatic carbocycles. The molecule has 0 aliphatic carbocycles. The molecule has 3 rings (SSSR count). The fraction of sp³-hybridized carbons (Fsp3) is 0.407. The second-order valence-electron chi connectivity index (χ2n) is 9.96. The number of ether oxygens (including phenoxy) is 1. The van der Waals surface area contributed by atoms with Gasteiger partial charge in [0.15, 0.2) is 5.82 Å². The summed E-state index contributed by atoms with van der Waals surface area (Å²) in [6.07, 6.45) is 6.18. The minimum atomic E-state index is -0.681. The highest BCUT2D eigenvalue weighted by Gasteiger charge is 2.40. The van der Waals surface area contributed by atoms with Gasteiger partial charge in [-0.25, -0.2) is 4.79 Å². The number of allylic oxidation sites excluding steroid dienone is 3. The van der Waals surface area contributed by atoms with Crippen molar-refractivity contribution < 1.29 is 14.3 Å². The fourth-order valence-electron chi connectivity index (χ4n) is 4.19. The predicted octanol–water partition coefficient (Wildman–Crippen LogP) is 4.95. The van der Waals surface area contributed by atoms with E-state index >= 15 is 0 Å². The minimum Gasteiger partial charge on any atom is -0.444 e. The van der Waals surface area contributed by atoms with Crippen LogP contribution in [0, 0.1) is 11.3 Å². The summed E-state index contributed by atoms with van der Waals surface area (Å²) in [5.74, 6) is -0.320. The molecule has 1 aromatic heterocycles. The van der Waals surface area contributed by atoms with Crippen LogP contribution in [0.3, 0.4) is 0 Å². The number of primary amides is 1. The summed E-state index contributed by atoms with van der Waals surface area (Å²) in [5.41, 5.74) is 7.13. The van der Waals surface area contributed by atoms with Crippen molar-refractivity contribution in [1.29, 1.82) is 5.26 Å². The van der Waals surface area contributed by atoms with Gasteiger partial charge in [0.1, 0.15) is 11.2 Å². The molecule has 1 aliphatic heterocycles. The first kappa shape index (κ1) is 26.5. The Kier molecular flexibility index (Phi) is 7.88. The first-order chi connectivity index (χ1) is 17.0. The van der Waals surface area contributed by atoms with Crippen LogP contribution in [0.25, 0.3) is 5.57 Å². The van der Waals surface area contributed by atoms with Crippen LogP contribution in [0.5, 0.6) is 0 Å². The smallest absolute Gasteiger partial charge is 0.410 e. The Hall–Kier alpha value is -4.06. The molecule has 2 amide bonds. The maximum absolute atomic E-state index is 12.5. The van der Waals surface area contributed by atoms with E-state index in [2.05, 4.69) is 23.1 Å². The minimum absolute atomic E-state index is 0.174. The zero-order valence-corrected chi connectivity index (χ0v) is 21.4. The van der Waals surface area contributed by atoms with Gasteiger partial charge in [0.2, 0.25) is 0 Å². The number of hydrogen-bond donors (Lipinski definition) is 2. The molecule has 0 radical (unpaired) electrons. The average molecular weight is 491 g/mol. The zero-order chi connectivity index (χ0) is 26.5. The van der Waals surface area contributed by atoms with Crippen LogP contribution >= 0.6 is 0 Å². The van der Waals surface area contributed by atoms with Crippen LogP contribution in [0.4, 0.5) is 16.3 Å². The van der Waals surface area contributed by atoms with Crippen molar-refractivity contribution in [2.24, 2.45) is 5.73 Å². The molecule has 1 aliphatic rings. The van der Waals surface area contributed by atoms with Crippen LogP contribution in [0.15, 0.2) is 49.2 Å². The summed E-state index contributed by atoms with van der Waals surface area (Å²) < 4.78 is 7.15. The molecule has 2 heterocycles. The van der Waals surface area contributed by atoms with E-state index < -0.39 is 17.0 Å². The van der Waals surface area contributed by atoms with Crippen molar-refractivity contribution in [3.05, 3.63) is 60.3 Å². The number of nitrogens with one attached hydrogen (secondary N) is 1. The third kappa shape index (κ3) is 6.13. The third-order valence-electron chi connectivity index (χ3n) is 6.08. The number of piperidine rings is 1. The number of rotatable bonds is 7.